The molecule has 4 nitrogen and oxygen atoms in total. The molecule has 1 aromatic heterocycles. The van der Waals surface area contributed by atoms with Crippen molar-refractivity contribution in [3.8, 4) is 11.8 Å². The van der Waals surface area contributed by atoms with Crippen LogP contribution in [0.5, 0.6) is 0 Å². The van der Waals surface area contributed by atoms with Gasteiger partial charge in [0, 0.05) is 17.5 Å². The molecule has 0 saturated carbocycles. The van der Waals surface area contributed by atoms with E-state index in [2.05, 4.69) is 28.6 Å². The fourth-order valence-corrected chi connectivity index (χ4v) is 3.48. The molecule has 0 amide bonds. The lowest BCUT2D eigenvalue weighted by Gasteiger charge is -2.17. The van der Waals surface area contributed by atoms with E-state index in [0.717, 1.165) is 41.3 Å². The zero-order valence-corrected chi connectivity index (χ0v) is 13.2. The molecular formula is C19H18N4. The second-order valence-electron chi connectivity index (χ2n) is 6.13. The van der Waals surface area contributed by atoms with Crippen molar-refractivity contribution >= 4 is 5.71 Å². The Balaban J connectivity index is 1.96. The SMILES string of the molecule is Cc1cnc2n1-c1ccc(C#N)cc1C(C1=CCCCC1)=NC2. The van der Waals surface area contributed by atoms with Crippen molar-refractivity contribution in [1.29, 1.82) is 5.26 Å². The van der Waals surface area contributed by atoms with Crippen LogP contribution in [-0.2, 0) is 6.54 Å². The van der Waals surface area contributed by atoms with E-state index >= 15 is 0 Å². The van der Waals surface area contributed by atoms with Gasteiger partial charge >= 0.3 is 0 Å². The first-order chi connectivity index (χ1) is 11.3. The normalized spacial score (nSPS) is 16.5. The second-order valence-corrected chi connectivity index (χ2v) is 6.13. The van der Waals surface area contributed by atoms with Crippen LogP contribution < -0.4 is 0 Å². The van der Waals surface area contributed by atoms with Crippen LogP contribution in [0.25, 0.3) is 5.69 Å². The Kier molecular flexibility index (Phi) is 3.34. The Morgan fingerprint density at radius 1 is 1.26 bits per heavy atom. The zero-order valence-electron chi connectivity index (χ0n) is 13.2. The Hall–Kier alpha value is -2.67. The quantitative estimate of drug-likeness (QED) is 0.803. The van der Waals surface area contributed by atoms with Crippen LogP contribution >= 0.6 is 0 Å². The van der Waals surface area contributed by atoms with E-state index in [0.29, 0.717) is 12.1 Å². The van der Waals surface area contributed by atoms with Crippen LogP contribution in [0.2, 0.25) is 0 Å². The Morgan fingerprint density at radius 3 is 2.96 bits per heavy atom. The molecule has 4 heteroatoms. The van der Waals surface area contributed by atoms with Gasteiger partial charge < -0.3 is 0 Å². The summed E-state index contributed by atoms with van der Waals surface area (Å²) in [6.07, 6.45) is 8.84. The van der Waals surface area contributed by atoms with E-state index in [1.54, 1.807) is 0 Å². The average molecular weight is 302 g/mol. The van der Waals surface area contributed by atoms with E-state index in [1.165, 1.54) is 18.4 Å². The Bertz CT molecular complexity index is 877. The predicted molar refractivity (Wildman–Crippen MR) is 89.8 cm³/mol. The van der Waals surface area contributed by atoms with Crippen LogP contribution in [0.1, 0.15) is 48.3 Å². The maximum atomic E-state index is 9.29. The van der Waals surface area contributed by atoms with Crippen LogP contribution in [0.15, 0.2) is 41.0 Å². The van der Waals surface area contributed by atoms with Gasteiger partial charge in [0.15, 0.2) is 0 Å². The highest BCUT2D eigenvalue weighted by Crippen LogP contribution is 2.30. The summed E-state index contributed by atoms with van der Waals surface area (Å²) in [7, 11) is 0. The molecule has 23 heavy (non-hydrogen) atoms. The number of rotatable bonds is 1. The maximum absolute atomic E-state index is 9.29. The molecule has 2 aliphatic rings. The number of aromatic nitrogens is 2. The molecule has 0 radical (unpaired) electrons. The molecule has 1 aromatic carbocycles. The number of nitriles is 1. The number of imidazole rings is 1. The zero-order chi connectivity index (χ0) is 15.8. The first kappa shape index (κ1) is 14.0. The minimum Gasteiger partial charge on any atom is -0.299 e. The van der Waals surface area contributed by atoms with Gasteiger partial charge in [0.05, 0.1) is 29.6 Å². The number of aliphatic imine (C=N–C) groups is 1. The van der Waals surface area contributed by atoms with E-state index in [4.69, 9.17) is 4.99 Å². The molecule has 0 atom stereocenters. The highest BCUT2D eigenvalue weighted by molar-refractivity contribution is 6.15. The lowest BCUT2D eigenvalue weighted by atomic mass is 9.91. The predicted octanol–water partition coefficient (Wildman–Crippen LogP) is 3.86. The molecule has 1 aliphatic carbocycles. The molecule has 1 aliphatic heterocycles. The summed E-state index contributed by atoms with van der Waals surface area (Å²) in [5.41, 5.74) is 6.26. The third-order valence-corrected chi connectivity index (χ3v) is 4.61. The molecule has 114 valence electrons. The number of nitrogens with zero attached hydrogens (tertiary/aromatic N) is 4. The van der Waals surface area contributed by atoms with Crippen LogP contribution in [-0.4, -0.2) is 15.3 Å². The topological polar surface area (TPSA) is 54.0 Å². The lowest BCUT2D eigenvalue weighted by Crippen LogP contribution is -2.11. The molecule has 4 rings (SSSR count). The van der Waals surface area contributed by atoms with Crippen LogP contribution in [0.3, 0.4) is 0 Å². The van der Waals surface area contributed by atoms with Gasteiger partial charge in [0.1, 0.15) is 5.82 Å². The summed E-state index contributed by atoms with van der Waals surface area (Å²) in [5.74, 6) is 0.958. The van der Waals surface area contributed by atoms with Crippen molar-refractivity contribution in [2.24, 2.45) is 4.99 Å². The van der Waals surface area contributed by atoms with Gasteiger partial charge in [-0.25, -0.2) is 4.98 Å². The van der Waals surface area contributed by atoms with Crippen molar-refractivity contribution < 1.29 is 0 Å². The average Bonchev–Trinajstić information content (AvgIpc) is 2.88. The number of hydrogen-bond donors (Lipinski definition) is 0. The molecule has 0 N–H and O–H groups in total. The van der Waals surface area contributed by atoms with E-state index in [9.17, 15) is 5.26 Å². The van der Waals surface area contributed by atoms with E-state index in [-0.39, 0.29) is 0 Å². The van der Waals surface area contributed by atoms with E-state index in [1.807, 2.05) is 24.4 Å². The number of aryl methyl sites for hydroxylation is 1. The third-order valence-electron chi connectivity index (χ3n) is 4.61. The van der Waals surface area contributed by atoms with Crippen molar-refractivity contribution in [3.63, 3.8) is 0 Å². The molecule has 2 aromatic rings. The van der Waals surface area contributed by atoms with Gasteiger partial charge in [0.2, 0.25) is 0 Å². The highest BCUT2D eigenvalue weighted by Gasteiger charge is 2.22. The summed E-state index contributed by atoms with van der Waals surface area (Å²) in [6, 6.07) is 8.12. The molecule has 0 spiro atoms. The summed E-state index contributed by atoms with van der Waals surface area (Å²) < 4.78 is 2.16. The number of fused-ring (bicyclic) bond motifs is 3. The van der Waals surface area contributed by atoms with Crippen molar-refractivity contribution in [3.05, 3.63) is 58.7 Å². The maximum Gasteiger partial charge on any atom is 0.135 e. The monoisotopic (exact) mass is 302 g/mol. The van der Waals surface area contributed by atoms with Gasteiger partial charge in [-0.3, -0.25) is 9.56 Å². The Morgan fingerprint density at radius 2 is 2.17 bits per heavy atom. The summed E-state index contributed by atoms with van der Waals surface area (Å²) >= 11 is 0. The molecule has 0 fully saturated rings. The van der Waals surface area contributed by atoms with Crippen molar-refractivity contribution in [2.45, 2.75) is 39.2 Å². The van der Waals surface area contributed by atoms with Gasteiger partial charge in [0.25, 0.3) is 0 Å². The fourth-order valence-electron chi connectivity index (χ4n) is 3.48. The Labute approximate surface area is 135 Å². The molecule has 0 unspecified atom stereocenters. The van der Waals surface area contributed by atoms with Gasteiger partial charge in [-0.1, -0.05) is 6.08 Å². The first-order valence-electron chi connectivity index (χ1n) is 8.10. The minimum atomic E-state index is 0.580. The smallest absolute Gasteiger partial charge is 0.135 e. The summed E-state index contributed by atoms with van der Waals surface area (Å²) in [5, 5.41) is 9.29. The third kappa shape index (κ3) is 2.29. The molecule has 0 saturated heterocycles. The van der Waals surface area contributed by atoms with E-state index < -0.39 is 0 Å². The summed E-state index contributed by atoms with van der Waals surface area (Å²) in [4.78, 5) is 9.38. The van der Waals surface area contributed by atoms with Crippen LogP contribution in [0.4, 0.5) is 0 Å². The fraction of sp³-hybridized carbons (Fsp3) is 0.316. The molecule has 2 heterocycles. The standard InChI is InChI=1S/C19H18N4/c1-13-11-21-18-12-22-19(15-5-3-2-4-6-15)16-9-14(10-20)7-8-17(16)23(13)18/h5,7-9,11H,2-4,6,12H2,1H3. The second kappa shape index (κ2) is 5.51. The largest absolute Gasteiger partial charge is 0.299 e. The lowest BCUT2D eigenvalue weighted by molar-refractivity contribution is 0.716. The summed E-state index contributed by atoms with van der Waals surface area (Å²) in [6.45, 7) is 2.64. The number of hydrogen-bond acceptors (Lipinski definition) is 3. The van der Waals surface area contributed by atoms with Crippen molar-refractivity contribution in [2.75, 3.05) is 0 Å². The number of benzene rings is 1. The molecular weight excluding hydrogens is 284 g/mol. The highest BCUT2D eigenvalue weighted by atomic mass is 15.1. The van der Waals surface area contributed by atoms with Crippen molar-refractivity contribution in [1.82, 2.24) is 9.55 Å². The minimum absolute atomic E-state index is 0.580. The molecule has 0 bridgehead atoms. The number of allylic oxidation sites excluding steroid dienone is 2. The van der Waals surface area contributed by atoms with Crippen LogP contribution in [0, 0.1) is 18.3 Å². The first-order valence-corrected chi connectivity index (χ1v) is 8.10. The van der Waals surface area contributed by atoms with Gasteiger partial charge in [-0.05, 0) is 56.4 Å². The van der Waals surface area contributed by atoms with Gasteiger partial charge in [-0.15, -0.1) is 0 Å². The van der Waals surface area contributed by atoms with Gasteiger partial charge in [-0.2, -0.15) is 5.26 Å².